The van der Waals surface area contributed by atoms with Crippen LogP contribution in [0.5, 0.6) is 0 Å². The number of nitrogens with zero attached hydrogens (tertiary/aromatic N) is 3. The van der Waals surface area contributed by atoms with Gasteiger partial charge in [-0.1, -0.05) is 13.8 Å². The van der Waals surface area contributed by atoms with Gasteiger partial charge in [0.15, 0.2) is 9.84 Å². The first kappa shape index (κ1) is 20.2. The third-order valence-corrected chi connectivity index (χ3v) is 9.42. The Bertz CT molecular complexity index is 957. The van der Waals surface area contributed by atoms with Crippen LogP contribution in [0.15, 0.2) is 6.07 Å². The minimum Gasteiger partial charge on any atom is -0.293 e. The van der Waals surface area contributed by atoms with Crippen molar-refractivity contribution in [3.05, 3.63) is 22.5 Å². The van der Waals surface area contributed by atoms with E-state index in [4.69, 9.17) is 9.97 Å². The molecular weight excluding hydrogens is 390 g/mol. The van der Waals surface area contributed by atoms with Gasteiger partial charge in [0.05, 0.1) is 23.2 Å². The number of sulfone groups is 1. The third-order valence-electron chi connectivity index (χ3n) is 6.62. The topological polar surface area (TPSA) is 63.2 Å². The molecule has 2 aromatic heterocycles. The molecule has 1 aliphatic carbocycles. The Morgan fingerprint density at radius 2 is 1.82 bits per heavy atom. The highest BCUT2D eigenvalue weighted by atomic mass is 32.2. The monoisotopic (exact) mass is 421 g/mol. The summed E-state index contributed by atoms with van der Waals surface area (Å²) in [5.41, 5.74) is 1.53. The van der Waals surface area contributed by atoms with Crippen molar-refractivity contribution in [3.8, 4) is 0 Å². The summed E-state index contributed by atoms with van der Waals surface area (Å²) in [6, 6.07) is 2.43. The molecule has 0 amide bonds. The number of thiophene rings is 1. The average Bonchev–Trinajstić information content (AvgIpc) is 3.04. The summed E-state index contributed by atoms with van der Waals surface area (Å²) < 4.78 is 23.6. The largest absolute Gasteiger partial charge is 0.293 e. The van der Waals surface area contributed by atoms with Gasteiger partial charge in [-0.2, -0.15) is 0 Å². The summed E-state index contributed by atoms with van der Waals surface area (Å²) in [6.45, 7) is 10.0. The predicted octanol–water partition coefficient (Wildman–Crippen LogP) is 4.47. The Kier molecular flexibility index (Phi) is 5.30. The zero-order chi connectivity index (χ0) is 20.1. The number of hydrogen-bond acceptors (Lipinski definition) is 6. The molecule has 0 bridgehead atoms. The highest BCUT2D eigenvalue weighted by Gasteiger charge is 2.31. The zero-order valence-corrected chi connectivity index (χ0v) is 19.0. The Labute approximate surface area is 172 Å². The molecule has 5 nitrogen and oxygen atoms in total. The van der Waals surface area contributed by atoms with Gasteiger partial charge in [0.1, 0.15) is 10.7 Å². The first-order valence-electron chi connectivity index (χ1n) is 10.4. The van der Waals surface area contributed by atoms with Crippen molar-refractivity contribution in [2.45, 2.75) is 65.3 Å². The quantitative estimate of drug-likeness (QED) is 0.731. The number of aryl methyl sites for hydroxylation is 1. The Morgan fingerprint density at radius 1 is 1.18 bits per heavy atom. The lowest BCUT2D eigenvalue weighted by atomic mass is 9.73. The van der Waals surface area contributed by atoms with E-state index >= 15 is 0 Å². The molecule has 0 N–H and O–H groups in total. The van der Waals surface area contributed by atoms with Crippen LogP contribution in [0.2, 0.25) is 0 Å². The lowest BCUT2D eigenvalue weighted by molar-refractivity contribution is 0.225. The van der Waals surface area contributed by atoms with E-state index in [1.54, 1.807) is 0 Å². The second-order valence-electron chi connectivity index (χ2n) is 9.33. The van der Waals surface area contributed by atoms with Gasteiger partial charge in [-0.3, -0.25) is 4.90 Å². The van der Waals surface area contributed by atoms with Crippen LogP contribution < -0.4 is 0 Å². The molecule has 28 heavy (non-hydrogen) atoms. The maximum absolute atomic E-state index is 11.8. The van der Waals surface area contributed by atoms with Crippen molar-refractivity contribution < 1.29 is 8.42 Å². The summed E-state index contributed by atoms with van der Waals surface area (Å²) in [4.78, 5) is 14.3. The van der Waals surface area contributed by atoms with Crippen molar-refractivity contribution in [3.63, 3.8) is 0 Å². The molecule has 1 atom stereocenters. The third kappa shape index (κ3) is 4.12. The highest BCUT2D eigenvalue weighted by molar-refractivity contribution is 7.91. The zero-order valence-electron chi connectivity index (χ0n) is 17.4. The molecule has 154 valence electrons. The fourth-order valence-electron chi connectivity index (χ4n) is 4.56. The predicted molar refractivity (Wildman–Crippen MR) is 116 cm³/mol. The molecule has 1 saturated heterocycles. The van der Waals surface area contributed by atoms with Crippen LogP contribution in [0, 0.1) is 12.3 Å². The highest BCUT2D eigenvalue weighted by Crippen LogP contribution is 2.45. The van der Waals surface area contributed by atoms with Gasteiger partial charge in [0.2, 0.25) is 0 Å². The molecule has 0 spiro atoms. The summed E-state index contributed by atoms with van der Waals surface area (Å²) in [5.74, 6) is 1.93. The van der Waals surface area contributed by atoms with Crippen LogP contribution in [0.4, 0.5) is 0 Å². The van der Waals surface area contributed by atoms with Crippen molar-refractivity contribution in [2.75, 3.05) is 24.6 Å². The van der Waals surface area contributed by atoms with Crippen molar-refractivity contribution in [1.82, 2.24) is 14.9 Å². The molecule has 2 fully saturated rings. The van der Waals surface area contributed by atoms with Gasteiger partial charge in [-0.05, 0) is 56.9 Å². The second-order valence-corrected chi connectivity index (χ2v) is 12.7. The van der Waals surface area contributed by atoms with E-state index in [-0.39, 0.29) is 17.5 Å². The lowest BCUT2D eigenvalue weighted by Gasteiger charge is -2.33. The van der Waals surface area contributed by atoms with Crippen molar-refractivity contribution in [1.29, 1.82) is 0 Å². The maximum Gasteiger partial charge on any atom is 0.152 e. The molecule has 1 unspecified atom stereocenters. The van der Waals surface area contributed by atoms with Gasteiger partial charge >= 0.3 is 0 Å². The van der Waals surface area contributed by atoms with Crippen molar-refractivity contribution >= 4 is 31.4 Å². The first-order valence-corrected chi connectivity index (χ1v) is 13.0. The molecule has 0 aromatic carbocycles. The van der Waals surface area contributed by atoms with Crippen LogP contribution in [0.3, 0.4) is 0 Å². The Morgan fingerprint density at radius 3 is 2.46 bits per heavy atom. The SMILES string of the molecule is Cc1nc(C(C)N2CCS(=O)(=O)CC2)c2cc(C3CCC(C)(C)CC3)sc2n1. The molecule has 2 aliphatic rings. The molecule has 4 rings (SSSR count). The summed E-state index contributed by atoms with van der Waals surface area (Å²) in [7, 11) is -2.87. The molecule has 1 saturated carbocycles. The number of rotatable bonds is 3. The normalized spacial score (nSPS) is 24.4. The van der Waals surface area contributed by atoms with Gasteiger partial charge in [-0.15, -0.1) is 11.3 Å². The molecule has 2 aromatic rings. The number of aromatic nitrogens is 2. The van der Waals surface area contributed by atoms with E-state index in [1.165, 1.54) is 30.6 Å². The van der Waals surface area contributed by atoms with Gasteiger partial charge in [0, 0.05) is 23.4 Å². The van der Waals surface area contributed by atoms with Gasteiger partial charge < -0.3 is 0 Å². The maximum atomic E-state index is 11.8. The van der Waals surface area contributed by atoms with Crippen LogP contribution in [0.25, 0.3) is 10.2 Å². The molecule has 0 radical (unpaired) electrons. The van der Waals surface area contributed by atoms with E-state index in [9.17, 15) is 8.42 Å². The van der Waals surface area contributed by atoms with Crippen molar-refractivity contribution in [2.24, 2.45) is 5.41 Å². The molecule has 7 heteroatoms. The fourth-order valence-corrected chi connectivity index (χ4v) is 7.05. The van der Waals surface area contributed by atoms with Crippen LogP contribution in [-0.4, -0.2) is 47.9 Å². The Balaban J connectivity index is 1.63. The van der Waals surface area contributed by atoms with Gasteiger partial charge in [-0.25, -0.2) is 18.4 Å². The van der Waals surface area contributed by atoms with Crippen LogP contribution >= 0.6 is 11.3 Å². The van der Waals surface area contributed by atoms with E-state index in [0.717, 1.165) is 21.7 Å². The van der Waals surface area contributed by atoms with E-state index in [2.05, 4.69) is 31.7 Å². The molecule has 3 heterocycles. The summed E-state index contributed by atoms with van der Waals surface area (Å²) in [6.07, 6.45) is 5.06. The molecular formula is C21H31N3O2S2. The van der Waals surface area contributed by atoms with Gasteiger partial charge in [0.25, 0.3) is 0 Å². The van der Waals surface area contributed by atoms with E-state index in [1.807, 2.05) is 18.3 Å². The summed E-state index contributed by atoms with van der Waals surface area (Å²) in [5, 5.41) is 1.16. The fraction of sp³-hybridized carbons (Fsp3) is 0.714. The number of fused-ring (bicyclic) bond motifs is 1. The van der Waals surface area contributed by atoms with E-state index in [0.29, 0.717) is 24.4 Å². The standard InChI is InChI=1S/C21H31N3O2S2/c1-14(24-9-11-28(25,26)12-10-24)19-17-13-18(27-20(17)23-15(2)22-19)16-5-7-21(3,4)8-6-16/h13-14,16H,5-12H2,1-4H3. The number of hydrogen-bond donors (Lipinski definition) is 0. The minimum absolute atomic E-state index is 0.104. The lowest BCUT2D eigenvalue weighted by Crippen LogP contribution is -2.41. The first-order chi connectivity index (χ1) is 13.1. The van der Waals surface area contributed by atoms with Crippen LogP contribution in [-0.2, 0) is 9.84 Å². The Hall–Kier alpha value is -1.05. The second kappa shape index (κ2) is 7.33. The molecule has 1 aliphatic heterocycles. The summed E-state index contributed by atoms with van der Waals surface area (Å²) >= 11 is 1.83. The minimum atomic E-state index is -2.87. The van der Waals surface area contributed by atoms with E-state index < -0.39 is 9.84 Å². The van der Waals surface area contributed by atoms with Crippen LogP contribution in [0.1, 0.15) is 74.8 Å². The average molecular weight is 422 g/mol. The smallest absolute Gasteiger partial charge is 0.152 e.